The standard InChI is InChI=1S/C20H22N2O2S/c23-19(15-25-14-16-8-2-1-3-9-16)21-18-11-5-4-10-17(18)20(24)22-12-6-7-13-22/h1-5,8-11H,6-7,12-15H2,(H,21,23). The van der Waals surface area contributed by atoms with Crippen LogP contribution in [-0.2, 0) is 10.5 Å². The Balaban J connectivity index is 1.56. The van der Waals surface area contributed by atoms with E-state index >= 15 is 0 Å². The van der Waals surface area contributed by atoms with Crippen molar-refractivity contribution in [1.29, 1.82) is 0 Å². The van der Waals surface area contributed by atoms with Crippen molar-refractivity contribution in [2.24, 2.45) is 0 Å². The van der Waals surface area contributed by atoms with E-state index < -0.39 is 0 Å². The third kappa shape index (κ3) is 4.86. The Morgan fingerprint density at radius 3 is 2.40 bits per heavy atom. The highest BCUT2D eigenvalue weighted by atomic mass is 32.2. The SMILES string of the molecule is O=C(CSCc1ccccc1)Nc1ccccc1C(=O)N1CCCC1. The number of carbonyl (C=O) groups excluding carboxylic acids is 2. The molecule has 3 rings (SSSR count). The van der Waals surface area contributed by atoms with Crippen LogP contribution in [0.4, 0.5) is 5.69 Å². The number of thioether (sulfide) groups is 1. The Morgan fingerprint density at radius 2 is 1.64 bits per heavy atom. The molecule has 130 valence electrons. The van der Waals surface area contributed by atoms with Crippen LogP contribution in [0.5, 0.6) is 0 Å². The molecular weight excluding hydrogens is 332 g/mol. The van der Waals surface area contributed by atoms with Gasteiger partial charge < -0.3 is 10.2 Å². The van der Waals surface area contributed by atoms with Gasteiger partial charge in [-0.3, -0.25) is 9.59 Å². The average molecular weight is 354 g/mol. The lowest BCUT2D eigenvalue weighted by molar-refractivity contribution is -0.113. The molecule has 0 spiro atoms. The summed E-state index contributed by atoms with van der Waals surface area (Å²) >= 11 is 1.57. The number of amides is 2. The van der Waals surface area contributed by atoms with E-state index in [1.165, 1.54) is 5.56 Å². The first-order chi connectivity index (χ1) is 12.2. The highest BCUT2D eigenvalue weighted by Crippen LogP contribution is 2.21. The number of anilines is 1. The molecule has 0 radical (unpaired) electrons. The van der Waals surface area contributed by atoms with E-state index in [9.17, 15) is 9.59 Å². The highest BCUT2D eigenvalue weighted by Gasteiger charge is 2.22. The summed E-state index contributed by atoms with van der Waals surface area (Å²) in [7, 11) is 0. The number of benzene rings is 2. The van der Waals surface area contributed by atoms with Crippen LogP contribution < -0.4 is 5.32 Å². The van der Waals surface area contributed by atoms with Crippen molar-refractivity contribution in [3.63, 3.8) is 0 Å². The van der Waals surface area contributed by atoms with Crippen LogP contribution in [0.15, 0.2) is 54.6 Å². The lowest BCUT2D eigenvalue weighted by Crippen LogP contribution is -2.29. The van der Waals surface area contributed by atoms with Crippen molar-refractivity contribution in [2.45, 2.75) is 18.6 Å². The molecule has 0 aliphatic carbocycles. The summed E-state index contributed by atoms with van der Waals surface area (Å²) in [5.74, 6) is 1.08. The van der Waals surface area contributed by atoms with Crippen LogP contribution in [0.2, 0.25) is 0 Å². The van der Waals surface area contributed by atoms with Gasteiger partial charge in [0.1, 0.15) is 0 Å². The molecule has 0 bridgehead atoms. The number of hydrogen-bond acceptors (Lipinski definition) is 3. The molecule has 1 fully saturated rings. The van der Waals surface area contributed by atoms with Gasteiger partial charge in [0.05, 0.1) is 17.0 Å². The second-order valence-electron chi connectivity index (χ2n) is 6.07. The van der Waals surface area contributed by atoms with Crippen molar-refractivity contribution in [3.05, 3.63) is 65.7 Å². The van der Waals surface area contributed by atoms with Crippen molar-refractivity contribution in [3.8, 4) is 0 Å². The minimum atomic E-state index is -0.0809. The third-order valence-corrected chi connectivity index (χ3v) is 5.17. The Kier molecular flexibility index (Phi) is 6.12. The molecule has 1 aliphatic heterocycles. The van der Waals surface area contributed by atoms with Crippen LogP contribution in [0.1, 0.15) is 28.8 Å². The zero-order chi connectivity index (χ0) is 17.5. The molecule has 0 aromatic heterocycles. The number of hydrogen-bond donors (Lipinski definition) is 1. The lowest BCUT2D eigenvalue weighted by atomic mass is 10.1. The highest BCUT2D eigenvalue weighted by molar-refractivity contribution is 7.99. The van der Waals surface area contributed by atoms with Crippen LogP contribution in [0.25, 0.3) is 0 Å². The van der Waals surface area contributed by atoms with E-state index in [2.05, 4.69) is 17.4 Å². The second kappa shape index (κ2) is 8.72. The maximum Gasteiger partial charge on any atom is 0.255 e. The summed E-state index contributed by atoms with van der Waals surface area (Å²) < 4.78 is 0. The number of carbonyl (C=O) groups is 2. The monoisotopic (exact) mass is 354 g/mol. The van der Waals surface area contributed by atoms with Gasteiger partial charge in [0, 0.05) is 18.8 Å². The fourth-order valence-electron chi connectivity index (χ4n) is 2.89. The summed E-state index contributed by atoms with van der Waals surface area (Å²) in [6.07, 6.45) is 2.10. The van der Waals surface area contributed by atoms with Gasteiger partial charge >= 0.3 is 0 Å². The Bertz CT molecular complexity index is 727. The minimum Gasteiger partial charge on any atom is -0.339 e. The molecule has 0 atom stereocenters. The normalized spacial score (nSPS) is 13.7. The van der Waals surface area contributed by atoms with Crippen molar-refractivity contribution in [2.75, 3.05) is 24.2 Å². The van der Waals surface area contributed by atoms with Crippen molar-refractivity contribution < 1.29 is 9.59 Å². The van der Waals surface area contributed by atoms with E-state index in [0.29, 0.717) is 17.0 Å². The van der Waals surface area contributed by atoms with Gasteiger partial charge in [-0.1, -0.05) is 42.5 Å². The van der Waals surface area contributed by atoms with Gasteiger partial charge in [0.2, 0.25) is 5.91 Å². The molecule has 0 unspecified atom stereocenters. The molecule has 25 heavy (non-hydrogen) atoms. The molecule has 2 aromatic rings. The van der Waals surface area contributed by atoms with Crippen LogP contribution >= 0.6 is 11.8 Å². The largest absolute Gasteiger partial charge is 0.339 e. The van der Waals surface area contributed by atoms with E-state index in [0.717, 1.165) is 31.7 Å². The molecule has 2 aromatic carbocycles. The smallest absolute Gasteiger partial charge is 0.255 e. The van der Waals surface area contributed by atoms with Crippen LogP contribution in [0, 0.1) is 0 Å². The van der Waals surface area contributed by atoms with Gasteiger partial charge in [-0.2, -0.15) is 0 Å². The average Bonchev–Trinajstić information content (AvgIpc) is 3.17. The summed E-state index contributed by atoms with van der Waals surface area (Å²) in [6.45, 7) is 1.60. The van der Waals surface area contributed by atoms with E-state index in [1.807, 2.05) is 35.2 Å². The molecular formula is C20H22N2O2S. The molecule has 1 saturated heterocycles. The second-order valence-corrected chi connectivity index (χ2v) is 7.06. The minimum absolute atomic E-state index is 0.00494. The van der Waals surface area contributed by atoms with Crippen LogP contribution in [-0.4, -0.2) is 35.6 Å². The molecule has 1 aliphatic rings. The quantitative estimate of drug-likeness (QED) is 0.858. The Morgan fingerprint density at radius 1 is 0.960 bits per heavy atom. The third-order valence-electron chi connectivity index (χ3n) is 4.17. The number of likely N-dealkylation sites (tertiary alicyclic amines) is 1. The lowest BCUT2D eigenvalue weighted by Gasteiger charge is -2.18. The van der Waals surface area contributed by atoms with Gasteiger partial charge in [0.15, 0.2) is 0 Å². The number of nitrogens with zero attached hydrogens (tertiary/aromatic N) is 1. The summed E-state index contributed by atoms with van der Waals surface area (Å²) in [4.78, 5) is 26.7. The van der Waals surface area contributed by atoms with E-state index in [1.54, 1.807) is 23.9 Å². The molecule has 4 nitrogen and oxygen atoms in total. The van der Waals surface area contributed by atoms with Crippen molar-refractivity contribution in [1.82, 2.24) is 4.90 Å². The predicted octanol–water partition coefficient (Wildman–Crippen LogP) is 3.79. The zero-order valence-corrected chi connectivity index (χ0v) is 14.9. The zero-order valence-electron chi connectivity index (χ0n) is 14.1. The molecule has 2 amide bonds. The Hall–Kier alpha value is -2.27. The first-order valence-electron chi connectivity index (χ1n) is 8.54. The molecule has 1 N–H and O–H groups in total. The molecule has 0 saturated carbocycles. The summed E-state index contributed by atoms with van der Waals surface area (Å²) in [5, 5.41) is 2.89. The van der Waals surface area contributed by atoms with Gasteiger partial charge in [0.25, 0.3) is 5.91 Å². The van der Waals surface area contributed by atoms with Crippen molar-refractivity contribution >= 4 is 29.3 Å². The van der Waals surface area contributed by atoms with E-state index in [-0.39, 0.29) is 11.8 Å². The fourth-order valence-corrected chi connectivity index (χ4v) is 3.68. The summed E-state index contributed by atoms with van der Waals surface area (Å²) in [6, 6.07) is 17.3. The number of nitrogens with one attached hydrogen (secondary N) is 1. The number of para-hydroxylation sites is 1. The first kappa shape index (κ1) is 17.5. The fraction of sp³-hybridized carbons (Fsp3) is 0.300. The molecule has 5 heteroatoms. The maximum absolute atomic E-state index is 12.6. The van der Waals surface area contributed by atoms with E-state index in [4.69, 9.17) is 0 Å². The predicted molar refractivity (Wildman–Crippen MR) is 103 cm³/mol. The molecule has 1 heterocycles. The first-order valence-corrected chi connectivity index (χ1v) is 9.69. The van der Waals surface area contributed by atoms with Crippen LogP contribution in [0.3, 0.4) is 0 Å². The van der Waals surface area contributed by atoms with Gasteiger partial charge in [-0.15, -0.1) is 11.8 Å². The Labute approximate surface area is 152 Å². The maximum atomic E-state index is 12.6. The topological polar surface area (TPSA) is 49.4 Å². The number of rotatable bonds is 6. The summed E-state index contributed by atoms with van der Waals surface area (Å²) in [5.41, 5.74) is 2.38. The van der Waals surface area contributed by atoms with Gasteiger partial charge in [-0.25, -0.2) is 0 Å². The van der Waals surface area contributed by atoms with Gasteiger partial charge in [-0.05, 0) is 30.5 Å².